The summed E-state index contributed by atoms with van der Waals surface area (Å²) in [6, 6.07) is 0.457. The van der Waals surface area contributed by atoms with Gasteiger partial charge in [-0.05, 0) is 73.0 Å². The van der Waals surface area contributed by atoms with Crippen molar-refractivity contribution in [1.29, 1.82) is 0 Å². The fraction of sp³-hybridized carbons (Fsp3) is 0.870. The Morgan fingerprint density at radius 1 is 1.23 bits per heavy atom. The Morgan fingerprint density at radius 2 is 2.00 bits per heavy atom. The second kappa shape index (κ2) is 6.36. The first kappa shape index (κ1) is 18.5. The standard InChI is InChI=1S/C23H37NO2/c1-6-13-26-19-14-15(2)21-16-7-8-18-22(3,12-10-20(25)24(18)5)17(16)9-11-23(19,21)4/h6,15-19,21H,1,7-14H2,2-5H3/t15-,16+,17-,18+,19-,21-,22+,23+/m0/s1. The number of amides is 1. The van der Waals surface area contributed by atoms with Gasteiger partial charge in [0.05, 0.1) is 12.7 Å². The molecule has 3 aliphatic carbocycles. The third kappa shape index (κ3) is 2.45. The monoisotopic (exact) mass is 359 g/mol. The van der Waals surface area contributed by atoms with Crippen LogP contribution in [0.1, 0.15) is 65.7 Å². The van der Waals surface area contributed by atoms with Crippen molar-refractivity contribution in [2.75, 3.05) is 13.7 Å². The molecule has 0 aromatic rings. The fourth-order valence-corrected chi connectivity index (χ4v) is 8.07. The summed E-state index contributed by atoms with van der Waals surface area (Å²) < 4.78 is 6.27. The number of nitrogens with zero attached hydrogens (tertiary/aromatic N) is 1. The molecule has 3 saturated carbocycles. The van der Waals surface area contributed by atoms with Crippen LogP contribution in [0.2, 0.25) is 0 Å². The first-order chi connectivity index (χ1) is 12.3. The van der Waals surface area contributed by atoms with E-state index < -0.39 is 0 Å². The number of piperidine rings is 1. The van der Waals surface area contributed by atoms with Gasteiger partial charge < -0.3 is 9.64 Å². The Bertz CT molecular complexity index is 589. The second-order valence-electron chi connectivity index (χ2n) is 10.3. The number of fused-ring (bicyclic) bond motifs is 5. The zero-order valence-electron chi connectivity index (χ0n) is 17.2. The zero-order chi connectivity index (χ0) is 18.7. The Balaban J connectivity index is 1.62. The second-order valence-corrected chi connectivity index (χ2v) is 10.3. The van der Waals surface area contributed by atoms with Gasteiger partial charge in [0.25, 0.3) is 0 Å². The van der Waals surface area contributed by atoms with Crippen LogP contribution in [0.25, 0.3) is 0 Å². The van der Waals surface area contributed by atoms with Crippen molar-refractivity contribution >= 4 is 5.91 Å². The highest BCUT2D eigenvalue weighted by molar-refractivity contribution is 5.77. The SMILES string of the molecule is C=CCO[C@H]1C[C@H](C)[C@H]2[C@@H]3CC[C@H]4N(C)C(=O)CC[C@]4(C)[C@H]3CC[C@@]21C. The van der Waals surface area contributed by atoms with Crippen LogP contribution in [-0.2, 0) is 9.53 Å². The molecular weight excluding hydrogens is 322 g/mol. The third-order valence-corrected chi connectivity index (χ3v) is 9.20. The summed E-state index contributed by atoms with van der Waals surface area (Å²) in [4.78, 5) is 14.4. The summed E-state index contributed by atoms with van der Waals surface area (Å²) in [5.74, 6) is 3.46. The Kier molecular flexibility index (Phi) is 4.53. The molecule has 4 aliphatic rings. The Morgan fingerprint density at radius 3 is 2.73 bits per heavy atom. The molecule has 4 rings (SSSR count). The van der Waals surface area contributed by atoms with Crippen LogP contribution in [0.4, 0.5) is 0 Å². The molecule has 0 aromatic heterocycles. The highest BCUT2D eigenvalue weighted by atomic mass is 16.5. The summed E-state index contributed by atoms with van der Waals surface area (Å²) in [6.07, 6.45) is 10.4. The highest BCUT2D eigenvalue weighted by Crippen LogP contribution is 2.66. The van der Waals surface area contributed by atoms with Crippen molar-refractivity contribution in [2.24, 2.45) is 34.5 Å². The maximum Gasteiger partial charge on any atom is 0.222 e. The van der Waals surface area contributed by atoms with E-state index in [1.165, 1.54) is 32.1 Å². The Hall–Kier alpha value is -0.830. The van der Waals surface area contributed by atoms with Crippen LogP contribution in [-0.4, -0.2) is 36.6 Å². The third-order valence-electron chi connectivity index (χ3n) is 9.20. The van der Waals surface area contributed by atoms with Crippen LogP contribution in [0.5, 0.6) is 0 Å². The van der Waals surface area contributed by atoms with Crippen LogP contribution < -0.4 is 0 Å². The van der Waals surface area contributed by atoms with Gasteiger partial charge >= 0.3 is 0 Å². The summed E-state index contributed by atoms with van der Waals surface area (Å²) in [5.41, 5.74) is 0.635. The average Bonchev–Trinajstić information content (AvgIpc) is 2.87. The molecule has 0 N–H and O–H groups in total. The predicted molar refractivity (Wildman–Crippen MR) is 105 cm³/mol. The molecule has 4 fully saturated rings. The number of ether oxygens (including phenoxy) is 1. The molecule has 0 spiro atoms. The van der Waals surface area contributed by atoms with Crippen molar-refractivity contribution in [3.63, 3.8) is 0 Å². The summed E-state index contributed by atoms with van der Waals surface area (Å²) >= 11 is 0. The minimum Gasteiger partial charge on any atom is -0.374 e. The van der Waals surface area contributed by atoms with Gasteiger partial charge in [0.2, 0.25) is 5.91 Å². The van der Waals surface area contributed by atoms with Gasteiger partial charge in [-0.2, -0.15) is 0 Å². The van der Waals surface area contributed by atoms with E-state index in [1.54, 1.807) is 0 Å². The van der Waals surface area contributed by atoms with Crippen molar-refractivity contribution in [2.45, 2.75) is 77.9 Å². The molecule has 1 heterocycles. The largest absolute Gasteiger partial charge is 0.374 e. The number of likely N-dealkylation sites (tertiary alicyclic amines) is 1. The number of hydrogen-bond acceptors (Lipinski definition) is 2. The first-order valence-electron chi connectivity index (χ1n) is 10.8. The van der Waals surface area contributed by atoms with E-state index in [2.05, 4.69) is 39.3 Å². The smallest absolute Gasteiger partial charge is 0.222 e. The van der Waals surface area contributed by atoms with E-state index >= 15 is 0 Å². The normalized spacial score (nSPS) is 50.8. The van der Waals surface area contributed by atoms with Gasteiger partial charge in [-0.15, -0.1) is 6.58 Å². The van der Waals surface area contributed by atoms with Gasteiger partial charge in [0.15, 0.2) is 0 Å². The summed E-state index contributed by atoms with van der Waals surface area (Å²) in [6.45, 7) is 12.0. The number of carbonyl (C=O) groups excluding carboxylic acids is 1. The molecule has 0 aromatic carbocycles. The molecule has 1 amide bonds. The van der Waals surface area contributed by atoms with Gasteiger partial charge in [0, 0.05) is 19.5 Å². The predicted octanol–water partition coefficient (Wildman–Crippen LogP) is 4.67. The quantitative estimate of drug-likeness (QED) is 0.686. The molecule has 0 radical (unpaired) electrons. The van der Waals surface area contributed by atoms with Crippen molar-refractivity contribution < 1.29 is 9.53 Å². The lowest BCUT2D eigenvalue weighted by molar-refractivity contribution is -0.163. The summed E-state index contributed by atoms with van der Waals surface area (Å²) in [5, 5.41) is 0. The molecule has 0 bridgehead atoms. The number of carbonyl (C=O) groups is 1. The van der Waals surface area contributed by atoms with Crippen LogP contribution in [0, 0.1) is 34.5 Å². The van der Waals surface area contributed by atoms with Crippen molar-refractivity contribution in [3.05, 3.63) is 12.7 Å². The van der Waals surface area contributed by atoms with E-state index in [4.69, 9.17) is 4.74 Å². The molecular formula is C23H37NO2. The molecule has 1 aliphatic heterocycles. The molecule has 146 valence electrons. The molecule has 8 atom stereocenters. The average molecular weight is 360 g/mol. The van der Waals surface area contributed by atoms with Gasteiger partial charge in [-0.3, -0.25) is 4.79 Å². The minimum atomic E-state index is 0.312. The molecule has 1 saturated heterocycles. The van der Waals surface area contributed by atoms with E-state index in [9.17, 15) is 4.79 Å². The molecule has 3 nitrogen and oxygen atoms in total. The van der Waals surface area contributed by atoms with Gasteiger partial charge in [-0.1, -0.05) is 26.8 Å². The van der Waals surface area contributed by atoms with Crippen LogP contribution in [0.15, 0.2) is 12.7 Å². The highest BCUT2D eigenvalue weighted by Gasteiger charge is 2.63. The van der Waals surface area contributed by atoms with Crippen molar-refractivity contribution in [1.82, 2.24) is 4.90 Å². The maximum absolute atomic E-state index is 12.3. The molecule has 26 heavy (non-hydrogen) atoms. The fourth-order valence-electron chi connectivity index (χ4n) is 8.07. The zero-order valence-corrected chi connectivity index (χ0v) is 17.2. The molecule has 3 heteroatoms. The van der Waals surface area contributed by atoms with Crippen LogP contribution >= 0.6 is 0 Å². The molecule has 0 unspecified atom stereocenters. The number of rotatable bonds is 3. The maximum atomic E-state index is 12.3. The first-order valence-corrected chi connectivity index (χ1v) is 10.8. The Labute approximate surface area is 159 Å². The lowest BCUT2D eigenvalue weighted by Crippen LogP contribution is -2.61. The van der Waals surface area contributed by atoms with Crippen molar-refractivity contribution in [3.8, 4) is 0 Å². The van der Waals surface area contributed by atoms with E-state index in [-0.39, 0.29) is 0 Å². The number of hydrogen-bond donors (Lipinski definition) is 0. The van der Waals surface area contributed by atoms with Crippen LogP contribution in [0.3, 0.4) is 0 Å². The lowest BCUT2D eigenvalue weighted by Gasteiger charge is -2.62. The van der Waals surface area contributed by atoms with Gasteiger partial charge in [0.1, 0.15) is 0 Å². The topological polar surface area (TPSA) is 29.5 Å². The summed E-state index contributed by atoms with van der Waals surface area (Å²) in [7, 11) is 2.05. The minimum absolute atomic E-state index is 0.312. The van der Waals surface area contributed by atoms with E-state index in [1.807, 2.05) is 6.08 Å². The lowest BCUT2D eigenvalue weighted by atomic mass is 9.46. The van der Waals surface area contributed by atoms with E-state index in [0.717, 1.165) is 36.5 Å². The van der Waals surface area contributed by atoms with Gasteiger partial charge in [-0.25, -0.2) is 0 Å². The van der Waals surface area contributed by atoms with E-state index in [0.29, 0.717) is 35.5 Å².